The van der Waals surface area contributed by atoms with Crippen molar-refractivity contribution in [2.45, 2.75) is 58.9 Å². The summed E-state index contributed by atoms with van der Waals surface area (Å²) in [4.78, 5) is 0. The summed E-state index contributed by atoms with van der Waals surface area (Å²) in [5.74, 6) is 1.45. The first kappa shape index (κ1) is 15.5. The fourth-order valence-electron chi connectivity index (χ4n) is 3.60. The van der Waals surface area contributed by atoms with E-state index in [1.54, 1.807) is 12.1 Å². The van der Waals surface area contributed by atoms with Crippen LogP contribution in [-0.4, -0.2) is 12.6 Å². The van der Waals surface area contributed by atoms with Crippen molar-refractivity contribution >= 4 is 0 Å². The topological polar surface area (TPSA) is 12.0 Å². The lowest BCUT2D eigenvalue weighted by molar-refractivity contribution is 0.295. The Labute approximate surface area is 123 Å². The van der Waals surface area contributed by atoms with Gasteiger partial charge in [0.2, 0.25) is 0 Å². The van der Waals surface area contributed by atoms with Crippen LogP contribution in [0.25, 0.3) is 0 Å². The SMILES string of the molecule is CCCNC(Cc1ccc(F)cc1C)C1CCCC1C. The Bertz CT molecular complexity index is 429. The van der Waals surface area contributed by atoms with Gasteiger partial charge in [-0.05, 0) is 67.8 Å². The molecule has 0 heterocycles. The third kappa shape index (κ3) is 3.82. The highest BCUT2D eigenvalue weighted by Gasteiger charge is 2.30. The lowest BCUT2D eigenvalue weighted by atomic mass is 9.85. The van der Waals surface area contributed by atoms with Gasteiger partial charge in [0.05, 0.1) is 0 Å². The Morgan fingerprint density at radius 2 is 2.15 bits per heavy atom. The molecule has 1 fully saturated rings. The van der Waals surface area contributed by atoms with E-state index in [1.165, 1.54) is 31.2 Å². The highest BCUT2D eigenvalue weighted by Crippen LogP contribution is 2.35. The average molecular weight is 277 g/mol. The summed E-state index contributed by atoms with van der Waals surface area (Å²) in [5.41, 5.74) is 2.37. The van der Waals surface area contributed by atoms with Crippen LogP contribution in [0.1, 0.15) is 50.7 Å². The predicted octanol–water partition coefficient (Wildman–Crippen LogP) is 4.48. The van der Waals surface area contributed by atoms with E-state index in [-0.39, 0.29) is 5.82 Å². The first-order valence-corrected chi connectivity index (χ1v) is 8.10. The zero-order chi connectivity index (χ0) is 14.5. The van der Waals surface area contributed by atoms with Gasteiger partial charge in [0, 0.05) is 6.04 Å². The van der Waals surface area contributed by atoms with E-state index in [4.69, 9.17) is 0 Å². The molecule has 0 saturated heterocycles. The van der Waals surface area contributed by atoms with E-state index in [2.05, 4.69) is 19.2 Å². The number of hydrogen-bond donors (Lipinski definition) is 1. The largest absolute Gasteiger partial charge is 0.313 e. The summed E-state index contributed by atoms with van der Waals surface area (Å²) >= 11 is 0. The highest BCUT2D eigenvalue weighted by molar-refractivity contribution is 5.27. The van der Waals surface area contributed by atoms with Crippen LogP contribution >= 0.6 is 0 Å². The van der Waals surface area contributed by atoms with Gasteiger partial charge in [0.1, 0.15) is 5.82 Å². The lowest BCUT2D eigenvalue weighted by Gasteiger charge is -2.29. The zero-order valence-electron chi connectivity index (χ0n) is 13.1. The van der Waals surface area contributed by atoms with Crippen LogP contribution in [0.5, 0.6) is 0 Å². The minimum absolute atomic E-state index is 0.126. The molecule has 3 unspecified atom stereocenters. The Morgan fingerprint density at radius 3 is 2.75 bits per heavy atom. The number of aryl methyl sites for hydroxylation is 1. The number of hydrogen-bond acceptors (Lipinski definition) is 1. The normalized spacial score (nSPS) is 24.0. The van der Waals surface area contributed by atoms with Crippen molar-refractivity contribution in [3.05, 3.63) is 35.1 Å². The molecule has 1 aliphatic rings. The maximum atomic E-state index is 13.2. The van der Waals surface area contributed by atoms with Crippen molar-refractivity contribution in [2.24, 2.45) is 11.8 Å². The minimum atomic E-state index is -0.126. The average Bonchev–Trinajstić information content (AvgIpc) is 2.83. The van der Waals surface area contributed by atoms with Crippen molar-refractivity contribution in [1.82, 2.24) is 5.32 Å². The molecule has 0 radical (unpaired) electrons. The number of rotatable bonds is 6. The molecular weight excluding hydrogens is 249 g/mol. The smallest absolute Gasteiger partial charge is 0.123 e. The first-order chi connectivity index (χ1) is 9.61. The highest BCUT2D eigenvalue weighted by atomic mass is 19.1. The molecule has 0 amide bonds. The molecule has 20 heavy (non-hydrogen) atoms. The predicted molar refractivity (Wildman–Crippen MR) is 83.4 cm³/mol. The summed E-state index contributed by atoms with van der Waals surface area (Å²) in [6.45, 7) is 7.70. The molecular formula is C18H28FN. The van der Waals surface area contributed by atoms with Crippen LogP contribution in [-0.2, 0) is 6.42 Å². The van der Waals surface area contributed by atoms with E-state index >= 15 is 0 Å². The fourth-order valence-corrected chi connectivity index (χ4v) is 3.60. The fraction of sp³-hybridized carbons (Fsp3) is 0.667. The maximum absolute atomic E-state index is 13.2. The first-order valence-electron chi connectivity index (χ1n) is 8.10. The van der Waals surface area contributed by atoms with E-state index in [0.717, 1.165) is 30.4 Å². The number of nitrogens with one attached hydrogen (secondary N) is 1. The van der Waals surface area contributed by atoms with E-state index < -0.39 is 0 Å². The molecule has 0 aliphatic heterocycles. The van der Waals surface area contributed by atoms with Crippen molar-refractivity contribution in [1.29, 1.82) is 0 Å². The monoisotopic (exact) mass is 277 g/mol. The Hall–Kier alpha value is -0.890. The summed E-state index contributed by atoms with van der Waals surface area (Å²) < 4.78 is 13.2. The lowest BCUT2D eigenvalue weighted by Crippen LogP contribution is -2.39. The van der Waals surface area contributed by atoms with Gasteiger partial charge in [-0.25, -0.2) is 4.39 Å². The van der Waals surface area contributed by atoms with Gasteiger partial charge >= 0.3 is 0 Å². The molecule has 1 nitrogen and oxygen atoms in total. The second-order valence-corrected chi connectivity index (χ2v) is 6.41. The second-order valence-electron chi connectivity index (χ2n) is 6.41. The summed E-state index contributed by atoms with van der Waals surface area (Å²) in [5, 5.41) is 3.74. The molecule has 0 bridgehead atoms. The van der Waals surface area contributed by atoms with Crippen LogP contribution in [0.2, 0.25) is 0 Å². The van der Waals surface area contributed by atoms with E-state index in [9.17, 15) is 4.39 Å². The second kappa shape index (κ2) is 7.21. The third-order valence-corrected chi connectivity index (χ3v) is 4.85. The summed E-state index contributed by atoms with van der Waals surface area (Å²) in [6, 6.07) is 5.75. The van der Waals surface area contributed by atoms with Gasteiger partial charge in [-0.1, -0.05) is 32.8 Å². The van der Waals surface area contributed by atoms with E-state index in [1.807, 2.05) is 13.0 Å². The van der Waals surface area contributed by atoms with Gasteiger partial charge in [-0.2, -0.15) is 0 Å². The molecule has 2 heteroatoms. The van der Waals surface area contributed by atoms with Crippen LogP contribution in [0.4, 0.5) is 4.39 Å². The Morgan fingerprint density at radius 1 is 1.35 bits per heavy atom. The quantitative estimate of drug-likeness (QED) is 0.808. The van der Waals surface area contributed by atoms with Crippen LogP contribution in [0.3, 0.4) is 0 Å². The summed E-state index contributed by atoms with van der Waals surface area (Å²) in [7, 11) is 0. The molecule has 1 aromatic rings. The molecule has 2 rings (SSSR count). The van der Waals surface area contributed by atoms with Crippen LogP contribution in [0, 0.1) is 24.6 Å². The van der Waals surface area contributed by atoms with Crippen molar-refractivity contribution < 1.29 is 4.39 Å². The molecule has 0 aromatic heterocycles. The molecule has 0 spiro atoms. The summed E-state index contributed by atoms with van der Waals surface area (Å²) in [6.07, 6.45) is 6.25. The molecule has 1 saturated carbocycles. The molecule has 112 valence electrons. The number of benzene rings is 1. The zero-order valence-corrected chi connectivity index (χ0v) is 13.1. The standard InChI is InChI=1S/C18H28FN/c1-4-10-20-18(17-7-5-6-13(17)2)12-15-8-9-16(19)11-14(15)3/h8-9,11,13,17-18,20H,4-7,10,12H2,1-3H3. The molecule has 1 N–H and O–H groups in total. The van der Waals surface area contributed by atoms with Gasteiger partial charge < -0.3 is 5.32 Å². The third-order valence-electron chi connectivity index (χ3n) is 4.85. The Balaban J connectivity index is 2.10. The van der Waals surface area contributed by atoms with Crippen molar-refractivity contribution in [3.63, 3.8) is 0 Å². The maximum Gasteiger partial charge on any atom is 0.123 e. The van der Waals surface area contributed by atoms with Crippen LogP contribution in [0.15, 0.2) is 18.2 Å². The minimum Gasteiger partial charge on any atom is -0.313 e. The van der Waals surface area contributed by atoms with Crippen LogP contribution < -0.4 is 5.32 Å². The number of halogens is 1. The van der Waals surface area contributed by atoms with E-state index in [0.29, 0.717) is 6.04 Å². The van der Waals surface area contributed by atoms with Gasteiger partial charge in [0.15, 0.2) is 0 Å². The Kier molecular flexibility index (Phi) is 5.59. The molecule has 3 atom stereocenters. The molecule has 1 aliphatic carbocycles. The van der Waals surface area contributed by atoms with Crippen molar-refractivity contribution in [3.8, 4) is 0 Å². The van der Waals surface area contributed by atoms with Gasteiger partial charge in [0.25, 0.3) is 0 Å². The van der Waals surface area contributed by atoms with Crippen molar-refractivity contribution in [2.75, 3.05) is 6.54 Å². The van der Waals surface area contributed by atoms with Gasteiger partial charge in [-0.15, -0.1) is 0 Å². The van der Waals surface area contributed by atoms with Gasteiger partial charge in [-0.3, -0.25) is 0 Å². The molecule has 1 aromatic carbocycles.